The van der Waals surface area contributed by atoms with Gasteiger partial charge in [0.05, 0.1) is 37.3 Å². The lowest BCUT2D eigenvalue weighted by molar-refractivity contribution is 0.157. The van der Waals surface area contributed by atoms with Crippen LogP contribution in [-0.2, 0) is 4.74 Å². The van der Waals surface area contributed by atoms with E-state index in [2.05, 4.69) is 15.3 Å². The Bertz CT molecular complexity index is 385. The molecule has 1 unspecified atom stereocenters. The van der Waals surface area contributed by atoms with E-state index in [1.54, 1.807) is 24.3 Å². The van der Waals surface area contributed by atoms with Crippen LogP contribution in [0, 0.1) is 4.91 Å². The Morgan fingerprint density at radius 3 is 2.67 bits per heavy atom. The number of amides is 1. The van der Waals surface area contributed by atoms with E-state index in [0.29, 0.717) is 5.69 Å². The van der Waals surface area contributed by atoms with E-state index in [4.69, 9.17) is 5.11 Å². The lowest BCUT2D eigenvalue weighted by Crippen LogP contribution is -2.44. The third kappa shape index (κ3) is 4.02. The van der Waals surface area contributed by atoms with Crippen LogP contribution in [0.1, 0.15) is 0 Å². The van der Waals surface area contributed by atoms with Gasteiger partial charge < -0.3 is 15.2 Å². The Kier molecular flexibility index (Phi) is 5.59. The van der Waals surface area contributed by atoms with Crippen LogP contribution in [-0.4, -0.2) is 37.5 Å². The third-order valence-electron chi connectivity index (χ3n) is 2.27. The van der Waals surface area contributed by atoms with Gasteiger partial charge in [-0.15, -0.1) is 4.91 Å². The van der Waals surface area contributed by atoms with Crippen molar-refractivity contribution in [2.24, 2.45) is 5.29 Å². The molecule has 0 aliphatic heterocycles. The molecule has 0 aliphatic carbocycles. The minimum atomic E-state index is -0.673. The number of aliphatic hydroxyl groups is 1. The van der Waals surface area contributed by atoms with Crippen molar-refractivity contribution >= 4 is 11.8 Å². The van der Waals surface area contributed by atoms with Gasteiger partial charge in [-0.1, -0.05) is 18.2 Å². The van der Waals surface area contributed by atoms with Gasteiger partial charge in [-0.05, 0) is 12.1 Å². The molecule has 2 N–H and O–H groups in total. The number of alkyl carbamates (subject to hydrolysis) is 1. The lowest BCUT2D eigenvalue weighted by atomic mass is 10.2. The number of ether oxygens (including phenoxy) is 1. The molecule has 0 heterocycles. The first-order valence-electron chi connectivity index (χ1n) is 5.32. The standard InChI is InChI=1S/C11H15N3O4/c1-18-11(16)12-9(8-15)7-14(13-17)10-5-3-2-4-6-10/h2-6,9,15H,7-8H2,1H3,(H,12,16). The van der Waals surface area contributed by atoms with Crippen molar-refractivity contribution < 1.29 is 14.6 Å². The van der Waals surface area contributed by atoms with Gasteiger partial charge in [-0.2, -0.15) is 0 Å². The van der Waals surface area contributed by atoms with Gasteiger partial charge in [0.15, 0.2) is 0 Å². The number of carbonyl (C=O) groups excluding carboxylic acids is 1. The zero-order valence-corrected chi connectivity index (χ0v) is 9.94. The molecular weight excluding hydrogens is 238 g/mol. The summed E-state index contributed by atoms with van der Waals surface area (Å²) in [6.07, 6.45) is -0.673. The van der Waals surface area contributed by atoms with E-state index in [0.717, 1.165) is 5.01 Å². The highest BCUT2D eigenvalue weighted by atomic mass is 16.5. The molecule has 7 heteroatoms. The molecule has 0 radical (unpaired) electrons. The predicted octanol–water partition coefficient (Wildman–Crippen LogP) is 0.891. The fourth-order valence-electron chi connectivity index (χ4n) is 1.37. The summed E-state index contributed by atoms with van der Waals surface area (Å²) in [4.78, 5) is 21.8. The van der Waals surface area contributed by atoms with E-state index >= 15 is 0 Å². The summed E-state index contributed by atoms with van der Waals surface area (Å²) in [5.41, 5.74) is 0.581. The van der Waals surface area contributed by atoms with E-state index in [-0.39, 0.29) is 13.2 Å². The van der Waals surface area contributed by atoms with Gasteiger partial charge in [-0.3, -0.25) is 0 Å². The van der Waals surface area contributed by atoms with Crippen molar-refractivity contribution in [3.8, 4) is 0 Å². The zero-order chi connectivity index (χ0) is 13.4. The molecule has 0 aliphatic rings. The first kappa shape index (κ1) is 13.9. The highest BCUT2D eigenvalue weighted by molar-refractivity contribution is 5.67. The molecule has 0 bridgehead atoms. The van der Waals surface area contributed by atoms with Gasteiger partial charge in [0.1, 0.15) is 0 Å². The fraction of sp³-hybridized carbons (Fsp3) is 0.364. The summed E-state index contributed by atoms with van der Waals surface area (Å²) < 4.78 is 4.42. The summed E-state index contributed by atoms with van der Waals surface area (Å²) in [5, 5.41) is 15.5. The Morgan fingerprint density at radius 1 is 1.50 bits per heavy atom. The van der Waals surface area contributed by atoms with Crippen LogP contribution in [0.3, 0.4) is 0 Å². The van der Waals surface area contributed by atoms with E-state index in [1.165, 1.54) is 7.11 Å². The number of methoxy groups -OCH3 is 1. The molecule has 0 aromatic heterocycles. The van der Waals surface area contributed by atoms with E-state index in [1.807, 2.05) is 6.07 Å². The molecule has 98 valence electrons. The summed E-state index contributed by atoms with van der Waals surface area (Å²) >= 11 is 0. The summed E-state index contributed by atoms with van der Waals surface area (Å²) in [7, 11) is 1.22. The molecule has 0 saturated carbocycles. The Hall–Kier alpha value is -2.15. The summed E-state index contributed by atoms with van der Waals surface area (Å²) in [6.45, 7) is -0.271. The number of rotatable bonds is 6. The van der Waals surface area contributed by atoms with Crippen LogP contribution in [0.15, 0.2) is 35.6 Å². The number of para-hydroxylation sites is 1. The molecule has 1 aromatic rings. The number of benzene rings is 1. The number of carbonyl (C=O) groups is 1. The largest absolute Gasteiger partial charge is 0.453 e. The maximum absolute atomic E-state index is 11.0. The topological polar surface area (TPSA) is 91.2 Å². The Labute approximate surface area is 104 Å². The van der Waals surface area contributed by atoms with Crippen molar-refractivity contribution in [3.05, 3.63) is 35.2 Å². The highest BCUT2D eigenvalue weighted by Crippen LogP contribution is 2.13. The molecule has 18 heavy (non-hydrogen) atoms. The molecule has 1 aromatic carbocycles. The highest BCUT2D eigenvalue weighted by Gasteiger charge is 2.17. The smallest absolute Gasteiger partial charge is 0.407 e. The minimum absolute atomic E-state index is 0.0547. The van der Waals surface area contributed by atoms with Crippen LogP contribution >= 0.6 is 0 Å². The first-order chi connectivity index (χ1) is 8.71. The van der Waals surface area contributed by atoms with Crippen molar-refractivity contribution in [2.75, 3.05) is 25.3 Å². The second-order valence-corrected chi connectivity index (χ2v) is 3.51. The molecule has 1 atom stereocenters. The maximum Gasteiger partial charge on any atom is 0.407 e. The van der Waals surface area contributed by atoms with Crippen molar-refractivity contribution in [2.45, 2.75) is 6.04 Å². The molecular formula is C11H15N3O4. The van der Waals surface area contributed by atoms with Gasteiger partial charge >= 0.3 is 6.09 Å². The number of hydrogen-bond donors (Lipinski definition) is 2. The zero-order valence-electron chi connectivity index (χ0n) is 9.94. The van der Waals surface area contributed by atoms with Crippen LogP contribution in [0.5, 0.6) is 0 Å². The normalized spacial score (nSPS) is 11.4. The quantitative estimate of drug-likeness (QED) is 0.580. The average Bonchev–Trinajstić information content (AvgIpc) is 2.43. The predicted molar refractivity (Wildman–Crippen MR) is 66.0 cm³/mol. The maximum atomic E-state index is 11.0. The van der Waals surface area contributed by atoms with E-state index in [9.17, 15) is 9.70 Å². The molecule has 1 rings (SSSR count). The van der Waals surface area contributed by atoms with Crippen LogP contribution in [0.2, 0.25) is 0 Å². The van der Waals surface area contributed by atoms with Crippen LogP contribution in [0.4, 0.5) is 10.5 Å². The number of nitrogens with zero attached hydrogens (tertiary/aromatic N) is 2. The van der Waals surface area contributed by atoms with Crippen LogP contribution < -0.4 is 10.3 Å². The summed E-state index contributed by atoms with van der Waals surface area (Å²) in [6, 6.07) is 8.09. The second-order valence-electron chi connectivity index (χ2n) is 3.51. The van der Waals surface area contributed by atoms with Crippen molar-refractivity contribution in [1.82, 2.24) is 5.32 Å². The Balaban J connectivity index is 2.66. The molecule has 0 fully saturated rings. The fourth-order valence-corrected chi connectivity index (χ4v) is 1.37. The van der Waals surface area contributed by atoms with Crippen molar-refractivity contribution in [3.63, 3.8) is 0 Å². The van der Waals surface area contributed by atoms with Gasteiger partial charge in [-0.25, -0.2) is 9.80 Å². The van der Waals surface area contributed by atoms with Gasteiger partial charge in [0.25, 0.3) is 0 Å². The number of nitroso groups, excluding NO2 is 1. The number of aliphatic hydroxyl groups excluding tert-OH is 1. The monoisotopic (exact) mass is 253 g/mol. The number of anilines is 1. The minimum Gasteiger partial charge on any atom is -0.453 e. The molecule has 0 spiro atoms. The molecule has 7 nitrogen and oxygen atoms in total. The molecule has 1 amide bonds. The van der Waals surface area contributed by atoms with Gasteiger partial charge in [0, 0.05) is 0 Å². The van der Waals surface area contributed by atoms with Crippen LogP contribution in [0.25, 0.3) is 0 Å². The number of nitrogens with one attached hydrogen (secondary N) is 1. The third-order valence-corrected chi connectivity index (χ3v) is 2.27. The van der Waals surface area contributed by atoms with E-state index < -0.39 is 12.1 Å². The number of hydrogen-bond acceptors (Lipinski definition) is 5. The second kappa shape index (κ2) is 7.23. The lowest BCUT2D eigenvalue weighted by Gasteiger charge is -2.21. The SMILES string of the molecule is COC(=O)NC(CO)CN(N=O)c1ccccc1. The molecule has 0 saturated heterocycles. The summed E-state index contributed by atoms with van der Waals surface area (Å²) in [5.74, 6) is 0. The van der Waals surface area contributed by atoms with Gasteiger partial charge in [0.2, 0.25) is 0 Å². The average molecular weight is 253 g/mol. The van der Waals surface area contributed by atoms with Crippen molar-refractivity contribution in [1.29, 1.82) is 0 Å². The first-order valence-corrected chi connectivity index (χ1v) is 5.32. The Morgan fingerprint density at radius 2 is 2.17 bits per heavy atom.